The molecule has 5 nitrogen and oxygen atoms in total. The Balaban J connectivity index is 1.77. The highest BCUT2D eigenvalue weighted by Crippen LogP contribution is 2.39. The van der Waals surface area contributed by atoms with Crippen molar-refractivity contribution in [1.82, 2.24) is 0 Å². The maximum atomic E-state index is 11.6. The molecule has 1 unspecified atom stereocenters. The zero-order valence-corrected chi connectivity index (χ0v) is 17.0. The molecule has 0 saturated carbocycles. The first-order valence-corrected chi connectivity index (χ1v) is 9.62. The first kappa shape index (κ1) is 20.2. The van der Waals surface area contributed by atoms with Crippen molar-refractivity contribution in [3.05, 3.63) is 51.9 Å². The average Bonchev–Trinajstić information content (AvgIpc) is 2.64. The lowest BCUT2D eigenvalue weighted by Crippen LogP contribution is -2.25. The Morgan fingerprint density at radius 2 is 2.14 bits per heavy atom. The van der Waals surface area contributed by atoms with Crippen molar-refractivity contribution in [2.24, 2.45) is 5.41 Å². The fraction of sp³-hybridized carbons (Fsp3) is 0.435. The standard InChI is InChI=1S/C23H28O5/c1-15(7-9-20(24)23(2,3)4)11-13-27-22-16-6-5-12-26-18(16)14-19-17(22)8-10-21(25)28-19/h5-6,8,10-11,14,20,24H,7,9,12-13H2,1-4H3. The molecule has 0 radical (unpaired) electrons. The van der Waals surface area contributed by atoms with Crippen molar-refractivity contribution < 1.29 is 19.0 Å². The van der Waals surface area contributed by atoms with E-state index >= 15 is 0 Å². The molecule has 2 aromatic rings. The second kappa shape index (κ2) is 8.23. The SMILES string of the molecule is CC(=CCOc1c2c(cc3oc(=O)ccc13)OCC=C2)CCC(O)C(C)(C)C. The quantitative estimate of drug-likeness (QED) is 0.577. The Kier molecular flexibility index (Phi) is 5.94. The summed E-state index contributed by atoms with van der Waals surface area (Å²) in [5.41, 5.74) is 1.94. The van der Waals surface area contributed by atoms with Crippen molar-refractivity contribution in [1.29, 1.82) is 0 Å². The smallest absolute Gasteiger partial charge is 0.336 e. The van der Waals surface area contributed by atoms with Gasteiger partial charge in [-0.15, -0.1) is 0 Å². The van der Waals surface area contributed by atoms with E-state index in [0.29, 0.717) is 30.3 Å². The van der Waals surface area contributed by atoms with Gasteiger partial charge in [-0.05, 0) is 49.5 Å². The molecular formula is C23H28O5. The molecule has 1 aliphatic heterocycles. The number of benzene rings is 1. The van der Waals surface area contributed by atoms with Crippen molar-refractivity contribution in [2.75, 3.05) is 13.2 Å². The summed E-state index contributed by atoms with van der Waals surface area (Å²) in [6.07, 6.45) is 7.11. The van der Waals surface area contributed by atoms with E-state index in [1.165, 1.54) is 6.07 Å². The second-order valence-corrected chi connectivity index (χ2v) is 8.28. The number of allylic oxidation sites excluding steroid dienone is 1. The third kappa shape index (κ3) is 4.65. The van der Waals surface area contributed by atoms with Gasteiger partial charge in [0, 0.05) is 12.1 Å². The van der Waals surface area contributed by atoms with Crippen LogP contribution in [0.4, 0.5) is 0 Å². The first-order valence-electron chi connectivity index (χ1n) is 9.62. The lowest BCUT2D eigenvalue weighted by atomic mass is 9.86. The predicted octanol–water partition coefficient (Wildman–Crippen LogP) is 4.71. The third-order valence-corrected chi connectivity index (χ3v) is 4.97. The van der Waals surface area contributed by atoms with Gasteiger partial charge in [0.2, 0.25) is 0 Å². The number of rotatable bonds is 6. The molecule has 0 bridgehead atoms. The van der Waals surface area contributed by atoms with Crippen LogP contribution in [0.1, 0.15) is 46.1 Å². The van der Waals surface area contributed by atoms with Crippen LogP contribution < -0.4 is 15.1 Å². The predicted molar refractivity (Wildman–Crippen MR) is 111 cm³/mol. The van der Waals surface area contributed by atoms with Gasteiger partial charge < -0.3 is 19.0 Å². The number of aliphatic hydroxyl groups is 1. The van der Waals surface area contributed by atoms with Crippen LogP contribution in [0, 0.1) is 5.41 Å². The fourth-order valence-electron chi connectivity index (χ4n) is 3.08. The maximum Gasteiger partial charge on any atom is 0.336 e. The lowest BCUT2D eigenvalue weighted by molar-refractivity contribution is 0.0559. The van der Waals surface area contributed by atoms with Crippen LogP contribution in [0.3, 0.4) is 0 Å². The lowest BCUT2D eigenvalue weighted by Gasteiger charge is -2.25. The highest BCUT2D eigenvalue weighted by molar-refractivity contribution is 5.91. The minimum absolute atomic E-state index is 0.116. The van der Waals surface area contributed by atoms with Gasteiger partial charge in [-0.2, -0.15) is 0 Å². The molecular weight excluding hydrogens is 356 g/mol. The number of ether oxygens (including phenoxy) is 2. The summed E-state index contributed by atoms with van der Waals surface area (Å²) in [6.45, 7) is 9.02. The molecule has 2 heterocycles. The number of hydrogen-bond acceptors (Lipinski definition) is 5. The van der Waals surface area contributed by atoms with Gasteiger partial charge in [0.15, 0.2) is 0 Å². The Morgan fingerprint density at radius 3 is 2.89 bits per heavy atom. The van der Waals surface area contributed by atoms with E-state index in [1.54, 1.807) is 12.1 Å². The van der Waals surface area contributed by atoms with Crippen LogP contribution in [0.15, 0.2) is 45.1 Å². The Morgan fingerprint density at radius 1 is 1.36 bits per heavy atom. The molecule has 0 fully saturated rings. The topological polar surface area (TPSA) is 68.9 Å². The molecule has 1 aromatic carbocycles. The molecule has 1 aliphatic rings. The van der Waals surface area contributed by atoms with E-state index in [-0.39, 0.29) is 11.5 Å². The molecule has 150 valence electrons. The van der Waals surface area contributed by atoms with Crippen LogP contribution in [-0.4, -0.2) is 24.4 Å². The molecule has 0 amide bonds. The number of fused-ring (bicyclic) bond motifs is 2. The molecule has 1 aromatic heterocycles. The van der Waals surface area contributed by atoms with E-state index < -0.39 is 5.63 Å². The molecule has 1 atom stereocenters. The van der Waals surface area contributed by atoms with E-state index in [1.807, 2.05) is 45.9 Å². The Bertz CT molecular complexity index is 959. The van der Waals surface area contributed by atoms with Gasteiger partial charge in [-0.1, -0.05) is 26.3 Å². The van der Waals surface area contributed by atoms with Gasteiger partial charge >= 0.3 is 5.63 Å². The van der Waals surface area contributed by atoms with E-state index in [4.69, 9.17) is 13.9 Å². The molecule has 1 N–H and O–H groups in total. The molecule has 28 heavy (non-hydrogen) atoms. The second-order valence-electron chi connectivity index (χ2n) is 8.28. The van der Waals surface area contributed by atoms with Gasteiger partial charge in [-0.25, -0.2) is 4.79 Å². The maximum absolute atomic E-state index is 11.6. The van der Waals surface area contributed by atoms with E-state index in [0.717, 1.165) is 29.4 Å². The van der Waals surface area contributed by atoms with Gasteiger partial charge in [0.05, 0.1) is 17.1 Å². The summed E-state index contributed by atoms with van der Waals surface area (Å²) >= 11 is 0. The summed E-state index contributed by atoms with van der Waals surface area (Å²) in [7, 11) is 0. The summed E-state index contributed by atoms with van der Waals surface area (Å²) < 4.78 is 17.0. The summed E-state index contributed by atoms with van der Waals surface area (Å²) in [6, 6.07) is 4.84. The highest BCUT2D eigenvalue weighted by atomic mass is 16.5. The van der Waals surface area contributed by atoms with Gasteiger partial charge in [0.25, 0.3) is 0 Å². The monoisotopic (exact) mass is 384 g/mol. The van der Waals surface area contributed by atoms with Crippen molar-refractivity contribution in [3.8, 4) is 11.5 Å². The van der Waals surface area contributed by atoms with E-state index in [2.05, 4.69) is 0 Å². The highest BCUT2D eigenvalue weighted by Gasteiger charge is 2.21. The van der Waals surface area contributed by atoms with E-state index in [9.17, 15) is 9.90 Å². The van der Waals surface area contributed by atoms with Gasteiger partial charge in [-0.3, -0.25) is 0 Å². The van der Waals surface area contributed by atoms with Crippen LogP contribution >= 0.6 is 0 Å². The Hall–Kier alpha value is -2.53. The summed E-state index contributed by atoms with van der Waals surface area (Å²) in [5, 5.41) is 10.9. The minimum Gasteiger partial charge on any atom is -0.489 e. The van der Waals surface area contributed by atoms with Crippen LogP contribution in [-0.2, 0) is 0 Å². The fourth-order valence-corrected chi connectivity index (χ4v) is 3.08. The van der Waals surface area contributed by atoms with Crippen molar-refractivity contribution >= 4 is 17.0 Å². The minimum atomic E-state index is -0.405. The Labute approximate surface area is 165 Å². The van der Waals surface area contributed by atoms with Crippen LogP contribution in [0.2, 0.25) is 0 Å². The summed E-state index contributed by atoms with van der Waals surface area (Å²) in [5.74, 6) is 1.29. The third-order valence-electron chi connectivity index (χ3n) is 4.97. The molecule has 3 rings (SSSR count). The zero-order valence-electron chi connectivity index (χ0n) is 17.0. The van der Waals surface area contributed by atoms with Crippen LogP contribution in [0.25, 0.3) is 17.0 Å². The van der Waals surface area contributed by atoms with Gasteiger partial charge in [0.1, 0.15) is 30.3 Å². The average molecular weight is 384 g/mol. The number of aliphatic hydroxyl groups excluding tert-OH is 1. The van der Waals surface area contributed by atoms with Crippen LogP contribution in [0.5, 0.6) is 11.5 Å². The normalized spacial score (nSPS) is 15.2. The zero-order chi connectivity index (χ0) is 20.3. The molecule has 0 saturated heterocycles. The number of hydrogen-bond donors (Lipinski definition) is 1. The largest absolute Gasteiger partial charge is 0.489 e. The molecule has 0 aliphatic carbocycles. The van der Waals surface area contributed by atoms with Crippen molar-refractivity contribution in [2.45, 2.75) is 46.6 Å². The molecule has 0 spiro atoms. The first-order chi connectivity index (χ1) is 13.3. The summed E-state index contributed by atoms with van der Waals surface area (Å²) in [4.78, 5) is 11.6. The van der Waals surface area contributed by atoms with Crippen molar-refractivity contribution in [3.63, 3.8) is 0 Å². The molecule has 5 heteroatoms.